The highest BCUT2D eigenvalue weighted by molar-refractivity contribution is 7.90. The average Bonchev–Trinajstić information content (AvgIpc) is 2.38. The molecule has 1 rings (SSSR count). The summed E-state index contributed by atoms with van der Waals surface area (Å²) in [6, 6.07) is 0. The van der Waals surface area contributed by atoms with E-state index in [4.69, 9.17) is 11.6 Å². The third-order valence-corrected chi connectivity index (χ3v) is 5.91. The zero-order valence-corrected chi connectivity index (χ0v) is 12.9. The minimum absolute atomic E-state index is 0.162. The van der Waals surface area contributed by atoms with Crippen molar-refractivity contribution in [1.29, 1.82) is 0 Å². The largest absolute Gasteiger partial charge is 0.215 e. The van der Waals surface area contributed by atoms with E-state index < -0.39 is 10.0 Å². The number of halogens is 1. The molecule has 5 heteroatoms. The molecule has 3 nitrogen and oxygen atoms in total. The summed E-state index contributed by atoms with van der Waals surface area (Å²) in [6.07, 6.45) is 7.93. The summed E-state index contributed by atoms with van der Waals surface area (Å²) in [5.41, 5.74) is 0. The predicted octanol–water partition coefficient (Wildman–Crippen LogP) is 3.28. The van der Waals surface area contributed by atoms with Gasteiger partial charge in [-0.15, -0.1) is 11.6 Å². The van der Waals surface area contributed by atoms with Gasteiger partial charge in [0, 0.05) is 12.4 Å². The van der Waals surface area contributed by atoms with Gasteiger partial charge in [0.15, 0.2) is 0 Å². The van der Waals surface area contributed by atoms with E-state index in [2.05, 4.69) is 11.6 Å². The van der Waals surface area contributed by atoms with Gasteiger partial charge in [0.1, 0.15) is 0 Å². The van der Waals surface area contributed by atoms with Crippen molar-refractivity contribution in [2.75, 3.05) is 12.4 Å². The zero-order valence-electron chi connectivity index (χ0n) is 11.3. The van der Waals surface area contributed by atoms with Gasteiger partial charge in [-0.05, 0) is 31.6 Å². The molecule has 0 spiro atoms. The molecule has 18 heavy (non-hydrogen) atoms. The van der Waals surface area contributed by atoms with E-state index in [1.807, 2.05) is 0 Å². The highest BCUT2D eigenvalue weighted by atomic mass is 35.5. The molecule has 1 aliphatic carbocycles. The normalized spacial score (nSPS) is 19.9. The number of hydrogen-bond acceptors (Lipinski definition) is 2. The topological polar surface area (TPSA) is 46.2 Å². The molecule has 1 aliphatic rings. The third-order valence-electron chi connectivity index (χ3n) is 3.78. The van der Waals surface area contributed by atoms with Crippen LogP contribution in [0.15, 0.2) is 0 Å². The van der Waals surface area contributed by atoms with Gasteiger partial charge < -0.3 is 0 Å². The van der Waals surface area contributed by atoms with Crippen LogP contribution in [0.3, 0.4) is 0 Å². The summed E-state index contributed by atoms with van der Waals surface area (Å²) in [6.45, 7) is 2.68. The van der Waals surface area contributed by atoms with Crippen molar-refractivity contribution in [3.63, 3.8) is 0 Å². The van der Waals surface area contributed by atoms with Crippen LogP contribution >= 0.6 is 11.6 Å². The number of rotatable bonds is 8. The first-order valence-electron chi connectivity index (χ1n) is 7.14. The molecule has 0 aromatic rings. The molecule has 0 amide bonds. The maximum Gasteiger partial charge on any atom is 0.214 e. The molecular weight excluding hydrogens is 270 g/mol. The lowest BCUT2D eigenvalue weighted by atomic mass is 10.0. The summed E-state index contributed by atoms with van der Waals surface area (Å²) < 4.78 is 27.1. The molecule has 1 atom stereocenters. The average molecular weight is 296 g/mol. The van der Waals surface area contributed by atoms with Crippen molar-refractivity contribution in [2.45, 2.75) is 63.5 Å². The van der Waals surface area contributed by atoms with Gasteiger partial charge in [0.25, 0.3) is 0 Å². The van der Waals surface area contributed by atoms with E-state index in [9.17, 15) is 8.42 Å². The van der Waals surface area contributed by atoms with E-state index >= 15 is 0 Å². The lowest BCUT2D eigenvalue weighted by molar-refractivity contribution is 0.443. The van der Waals surface area contributed by atoms with Gasteiger partial charge in [-0.25, -0.2) is 13.1 Å². The van der Waals surface area contributed by atoms with Crippen LogP contribution in [0.1, 0.15) is 58.3 Å². The van der Waals surface area contributed by atoms with Gasteiger partial charge in [-0.1, -0.05) is 32.6 Å². The molecule has 0 aromatic carbocycles. The molecule has 0 aliphatic heterocycles. The molecule has 1 unspecified atom stereocenters. The Balaban J connectivity index is 2.43. The van der Waals surface area contributed by atoms with Crippen molar-refractivity contribution >= 4 is 21.6 Å². The standard InChI is InChI=1S/C13H26ClNO2S/c1-2-6-12(9-10-14)11-15-18(16,17)13-7-4-3-5-8-13/h12-13,15H,2-11H2,1H3. The minimum Gasteiger partial charge on any atom is -0.215 e. The molecule has 0 heterocycles. The van der Waals surface area contributed by atoms with E-state index in [1.54, 1.807) is 0 Å². The first-order valence-corrected chi connectivity index (χ1v) is 9.22. The number of sulfonamides is 1. The van der Waals surface area contributed by atoms with Crippen LogP contribution in [0.25, 0.3) is 0 Å². The second-order valence-electron chi connectivity index (χ2n) is 5.29. The highest BCUT2D eigenvalue weighted by Crippen LogP contribution is 2.23. The van der Waals surface area contributed by atoms with Gasteiger partial charge in [-0.3, -0.25) is 0 Å². The Hall–Kier alpha value is 0.200. The Bertz CT molecular complexity index is 307. The maximum absolute atomic E-state index is 12.2. The molecule has 0 bridgehead atoms. The van der Waals surface area contributed by atoms with Gasteiger partial charge in [-0.2, -0.15) is 0 Å². The fraction of sp³-hybridized carbons (Fsp3) is 1.00. The van der Waals surface area contributed by atoms with Crippen molar-refractivity contribution < 1.29 is 8.42 Å². The number of hydrogen-bond donors (Lipinski definition) is 1. The second-order valence-corrected chi connectivity index (χ2v) is 7.71. The summed E-state index contributed by atoms with van der Waals surface area (Å²) in [7, 11) is -3.11. The smallest absolute Gasteiger partial charge is 0.214 e. The second kappa shape index (κ2) is 8.39. The van der Waals surface area contributed by atoms with Crippen molar-refractivity contribution in [3.05, 3.63) is 0 Å². The maximum atomic E-state index is 12.2. The van der Waals surface area contributed by atoms with Crippen molar-refractivity contribution in [1.82, 2.24) is 4.72 Å². The van der Waals surface area contributed by atoms with E-state index in [-0.39, 0.29) is 5.25 Å². The van der Waals surface area contributed by atoms with Crippen LogP contribution in [-0.4, -0.2) is 26.1 Å². The molecule has 108 valence electrons. The molecular formula is C13H26ClNO2S. The van der Waals surface area contributed by atoms with Crippen LogP contribution in [0.5, 0.6) is 0 Å². The van der Waals surface area contributed by atoms with Gasteiger partial charge >= 0.3 is 0 Å². The molecule has 0 aromatic heterocycles. The first kappa shape index (κ1) is 16.3. The Labute approximate surface area is 117 Å². The monoisotopic (exact) mass is 295 g/mol. The predicted molar refractivity (Wildman–Crippen MR) is 77.5 cm³/mol. The van der Waals surface area contributed by atoms with E-state index in [0.717, 1.165) is 44.9 Å². The Morgan fingerprint density at radius 1 is 1.22 bits per heavy atom. The Kier molecular flexibility index (Phi) is 7.57. The van der Waals surface area contributed by atoms with Crippen LogP contribution in [-0.2, 0) is 10.0 Å². The fourth-order valence-corrected chi connectivity index (χ4v) is 4.60. The summed E-state index contributed by atoms with van der Waals surface area (Å²) in [5.74, 6) is 0.987. The molecule has 1 saturated carbocycles. The van der Waals surface area contributed by atoms with Crippen LogP contribution in [0.4, 0.5) is 0 Å². The van der Waals surface area contributed by atoms with Crippen molar-refractivity contribution in [2.24, 2.45) is 5.92 Å². The number of nitrogens with one attached hydrogen (secondary N) is 1. The summed E-state index contributed by atoms with van der Waals surface area (Å²) in [5, 5.41) is -0.162. The van der Waals surface area contributed by atoms with Crippen LogP contribution < -0.4 is 4.72 Å². The quantitative estimate of drug-likeness (QED) is 0.699. The van der Waals surface area contributed by atoms with Crippen LogP contribution in [0.2, 0.25) is 0 Å². The minimum atomic E-state index is -3.11. The molecule has 0 saturated heterocycles. The fourth-order valence-electron chi connectivity index (χ4n) is 2.64. The SMILES string of the molecule is CCCC(CCCl)CNS(=O)(=O)C1CCCCC1. The molecule has 1 N–H and O–H groups in total. The van der Waals surface area contributed by atoms with Gasteiger partial charge in [0.05, 0.1) is 5.25 Å². The third kappa shape index (κ3) is 5.45. The first-order chi connectivity index (χ1) is 8.60. The lowest BCUT2D eigenvalue weighted by Gasteiger charge is -2.23. The zero-order chi connectivity index (χ0) is 13.4. The van der Waals surface area contributed by atoms with Gasteiger partial charge in [0.2, 0.25) is 10.0 Å². The van der Waals surface area contributed by atoms with Crippen LogP contribution in [0, 0.1) is 5.92 Å². The lowest BCUT2D eigenvalue weighted by Crippen LogP contribution is -2.38. The Morgan fingerprint density at radius 3 is 2.44 bits per heavy atom. The summed E-state index contributed by atoms with van der Waals surface area (Å²) in [4.78, 5) is 0. The van der Waals surface area contributed by atoms with Crippen molar-refractivity contribution in [3.8, 4) is 0 Å². The van der Waals surface area contributed by atoms with E-state index in [0.29, 0.717) is 18.3 Å². The summed E-state index contributed by atoms with van der Waals surface area (Å²) >= 11 is 5.75. The van der Waals surface area contributed by atoms with E-state index in [1.165, 1.54) is 6.42 Å². The Morgan fingerprint density at radius 2 is 1.89 bits per heavy atom. The molecule has 0 radical (unpaired) electrons. The highest BCUT2D eigenvalue weighted by Gasteiger charge is 2.27. The number of alkyl halides is 1. The molecule has 1 fully saturated rings.